The predicted molar refractivity (Wildman–Crippen MR) is 92.1 cm³/mol. The Morgan fingerprint density at radius 1 is 1.54 bits per heavy atom. The number of fused-ring (bicyclic) bond motifs is 1. The molecule has 2 heterocycles. The summed E-state index contributed by atoms with van der Waals surface area (Å²) in [4.78, 5) is 17.4. The van der Waals surface area contributed by atoms with E-state index in [2.05, 4.69) is 15.5 Å². The SMILES string of the molecule is CCOc1cc(C=NNC(=O)c2c(C)nc3sccn23)ccc1O. The van der Waals surface area contributed by atoms with Crippen molar-refractivity contribution in [2.45, 2.75) is 13.8 Å². The minimum atomic E-state index is -0.335. The molecule has 0 aliphatic carbocycles. The third-order valence-corrected chi connectivity index (χ3v) is 4.07. The van der Waals surface area contributed by atoms with E-state index in [1.165, 1.54) is 23.6 Å². The van der Waals surface area contributed by atoms with Gasteiger partial charge in [0.25, 0.3) is 5.91 Å². The average Bonchev–Trinajstić information content (AvgIpc) is 3.10. The molecule has 0 radical (unpaired) electrons. The number of phenols is 1. The molecule has 2 aromatic heterocycles. The van der Waals surface area contributed by atoms with Crippen molar-refractivity contribution in [1.29, 1.82) is 0 Å². The number of carbonyl (C=O) groups is 1. The van der Waals surface area contributed by atoms with Gasteiger partial charge in [0.15, 0.2) is 16.5 Å². The highest BCUT2D eigenvalue weighted by Gasteiger charge is 2.16. The smallest absolute Gasteiger partial charge is 0.290 e. The Balaban J connectivity index is 1.74. The van der Waals surface area contributed by atoms with Crippen LogP contribution in [0.25, 0.3) is 4.96 Å². The molecule has 3 aromatic rings. The monoisotopic (exact) mass is 344 g/mol. The maximum absolute atomic E-state index is 12.3. The molecule has 124 valence electrons. The highest BCUT2D eigenvalue weighted by molar-refractivity contribution is 7.15. The number of hydrogen-bond acceptors (Lipinski definition) is 6. The van der Waals surface area contributed by atoms with Crippen LogP contribution in [-0.2, 0) is 0 Å². The lowest BCUT2D eigenvalue weighted by Gasteiger charge is -2.06. The summed E-state index contributed by atoms with van der Waals surface area (Å²) < 4.78 is 7.04. The number of carbonyl (C=O) groups excluding carboxylic acids is 1. The number of aryl methyl sites for hydroxylation is 1. The van der Waals surface area contributed by atoms with Crippen molar-refractivity contribution in [2.75, 3.05) is 6.61 Å². The lowest BCUT2D eigenvalue weighted by Crippen LogP contribution is -2.20. The standard InChI is InChI=1S/C16H16N4O3S/c1-3-23-13-8-11(4-5-12(13)21)9-17-19-15(22)14-10(2)18-16-20(14)6-7-24-16/h4-9,21H,3H2,1-2H3,(H,19,22). The van der Waals surface area contributed by atoms with E-state index in [9.17, 15) is 9.90 Å². The van der Waals surface area contributed by atoms with Crippen molar-refractivity contribution in [2.24, 2.45) is 5.10 Å². The van der Waals surface area contributed by atoms with Gasteiger partial charge in [0.2, 0.25) is 0 Å². The first-order valence-corrected chi connectivity index (χ1v) is 8.19. The highest BCUT2D eigenvalue weighted by atomic mass is 32.1. The van der Waals surface area contributed by atoms with Crippen LogP contribution in [0.5, 0.6) is 11.5 Å². The second-order valence-corrected chi connectivity index (χ2v) is 5.83. The molecule has 0 spiro atoms. The largest absolute Gasteiger partial charge is 0.504 e. The van der Waals surface area contributed by atoms with Gasteiger partial charge in [-0.15, -0.1) is 11.3 Å². The van der Waals surface area contributed by atoms with E-state index in [0.29, 0.717) is 29.3 Å². The number of phenolic OH excluding ortho intramolecular Hbond substituents is 1. The molecule has 1 amide bonds. The summed E-state index contributed by atoms with van der Waals surface area (Å²) >= 11 is 1.46. The number of amides is 1. The summed E-state index contributed by atoms with van der Waals surface area (Å²) in [7, 11) is 0. The Hall–Kier alpha value is -2.87. The predicted octanol–water partition coefficient (Wildman–Crippen LogP) is 2.57. The molecule has 0 bridgehead atoms. The van der Waals surface area contributed by atoms with Crippen LogP contribution in [0.1, 0.15) is 28.7 Å². The quantitative estimate of drug-likeness (QED) is 0.550. The van der Waals surface area contributed by atoms with Crippen molar-refractivity contribution in [3.63, 3.8) is 0 Å². The van der Waals surface area contributed by atoms with Gasteiger partial charge in [-0.3, -0.25) is 9.20 Å². The van der Waals surface area contributed by atoms with Crippen LogP contribution >= 0.6 is 11.3 Å². The number of benzene rings is 1. The number of hydrogen-bond donors (Lipinski definition) is 2. The first kappa shape index (κ1) is 16.0. The van der Waals surface area contributed by atoms with Gasteiger partial charge in [-0.1, -0.05) is 0 Å². The Morgan fingerprint density at radius 2 is 2.38 bits per heavy atom. The Morgan fingerprint density at radius 3 is 3.17 bits per heavy atom. The van der Waals surface area contributed by atoms with Gasteiger partial charge in [0.05, 0.1) is 18.5 Å². The van der Waals surface area contributed by atoms with Crippen molar-refractivity contribution in [1.82, 2.24) is 14.8 Å². The summed E-state index contributed by atoms with van der Waals surface area (Å²) in [6.07, 6.45) is 3.29. The number of nitrogens with zero attached hydrogens (tertiary/aromatic N) is 3. The van der Waals surface area contributed by atoms with Gasteiger partial charge in [0.1, 0.15) is 5.69 Å². The first-order valence-electron chi connectivity index (χ1n) is 7.31. The van der Waals surface area contributed by atoms with Gasteiger partial charge in [-0.05, 0) is 37.6 Å². The summed E-state index contributed by atoms with van der Waals surface area (Å²) in [5.74, 6) is 0.102. The van der Waals surface area contributed by atoms with Crippen LogP contribution in [0.3, 0.4) is 0 Å². The number of imidazole rings is 1. The van der Waals surface area contributed by atoms with Crippen LogP contribution in [0.4, 0.5) is 0 Å². The van der Waals surface area contributed by atoms with E-state index in [4.69, 9.17) is 4.74 Å². The Bertz CT molecular complexity index is 913. The van der Waals surface area contributed by atoms with E-state index in [1.54, 1.807) is 29.7 Å². The molecular formula is C16H16N4O3S. The van der Waals surface area contributed by atoms with Gasteiger partial charge in [-0.2, -0.15) is 5.10 Å². The lowest BCUT2D eigenvalue weighted by atomic mass is 10.2. The summed E-state index contributed by atoms with van der Waals surface area (Å²) in [5.41, 5.74) is 4.30. The van der Waals surface area contributed by atoms with Crippen LogP contribution in [-0.4, -0.2) is 33.2 Å². The molecule has 0 saturated heterocycles. The third-order valence-electron chi connectivity index (χ3n) is 3.31. The first-order chi connectivity index (χ1) is 11.6. The van der Waals surface area contributed by atoms with E-state index in [1.807, 2.05) is 12.3 Å². The van der Waals surface area contributed by atoms with Crippen LogP contribution in [0.15, 0.2) is 34.9 Å². The van der Waals surface area contributed by atoms with E-state index < -0.39 is 0 Å². The summed E-state index contributed by atoms with van der Waals surface area (Å²) in [5, 5.41) is 15.5. The molecule has 2 N–H and O–H groups in total. The van der Waals surface area contributed by atoms with Crippen molar-refractivity contribution in [3.8, 4) is 11.5 Å². The zero-order valence-corrected chi connectivity index (χ0v) is 14.0. The Kier molecular flexibility index (Phi) is 4.48. The molecule has 0 unspecified atom stereocenters. The fourth-order valence-corrected chi connectivity index (χ4v) is 3.03. The second-order valence-electron chi connectivity index (χ2n) is 4.96. The minimum absolute atomic E-state index is 0.0628. The number of ether oxygens (including phenoxy) is 1. The van der Waals surface area contributed by atoms with Crippen molar-refractivity contribution < 1.29 is 14.6 Å². The minimum Gasteiger partial charge on any atom is -0.504 e. The van der Waals surface area contributed by atoms with Crippen LogP contribution in [0, 0.1) is 6.92 Å². The van der Waals surface area contributed by atoms with Crippen LogP contribution in [0.2, 0.25) is 0 Å². The second kappa shape index (κ2) is 6.71. The lowest BCUT2D eigenvalue weighted by molar-refractivity contribution is 0.0948. The molecule has 0 atom stereocenters. The number of aromatic nitrogens is 2. The number of hydrazone groups is 1. The summed E-state index contributed by atoms with van der Waals surface area (Å²) in [6, 6.07) is 4.84. The highest BCUT2D eigenvalue weighted by Crippen LogP contribution is 2.26. The normalized spacial score (nSPS) is 11.2. The number of aromatic hydroxyl groups is 1. The van der Waals surface area contributed by atoms with Gasteiger partial charge in [0, 0.05) is 11.6 Å². The van der Waals surface area contributed by atoms with E-state index in [0.717, 1.165) is 4.96 Å². The molecule has 0 aliphatic rings. The average molecular weight is 344 g/mol. The maximum Gasteiger partial charge on any atom is 0.290 e. The third kappa shape index (κ3) is 3.09. The number of nitrogens with one attached hydrogen (secondary N) is 1. The molecule has 0 saturated carbocycles. The van der Waals surface area contributed by atoms with E-state index >= 15 is 0 Å². The number of rotatable bonds is 5. The van der Waals surface area contributed by atoms with Gasteiger partial charge >= 0.3 is 0 Å². The molecule has 24 heavy (non-hydrogen) atoms. The summed E-state index contributed by atoms with van der Waals surface area (Å²) in [6.45, 7) is 4.06. The molecule has 8 heteroatoms. The van der Waals surface area contributed by atoms with E-state index in [-0.39, 0.29) is 11.7 Å². The maximum atomic E-state index is 12.3. The number of thiazole rings is 1. The molecule has 1 aromatic carbocycles. The molecule has 3 rings (SSSR count). The fourth-order valence-electron chi connectivity index (χ4n) is 2.27. The Labute approximate surface area is 142 Å². The van der Waals surface area contributed by atoms with Gasteiger partial charge in [-0.25, -0.2) is 10.4 Å². The molecule has 0 aliphatic heterocycles. The molecular weight excluding hydrogens is 328 g/mol. The van der Waals surface area contributed by atoms with Crippen molar-refractivity contribution >= 4 is 28.4 Å². The van der Waals surface area contributed by atoms with Gasteiger partial charge < -0.3 is 9.84 Å². The topological polar surface area (TPSA) is 88.2 Å². The zero-order chi connectivity index (χ0) is 17.1. The molecule has 7 nitrogen and oxygen atoms in total. The zero-order valence-electron chi connectivity index (χ0n) is 13.2. The fraction of sp³-hybridized carbons (Fsp3) is 0.188. The van der Waals surface area contributed by atoms with Crippen LogP contribution < -0.4 is 10.2 Å². The van der Waals surface area contributed by atoms with Crippen molar-refractivity contribution in [3.05, 3.63) is 46.7 Å². The molecule has 0 fully saturated rings.